The topological polar surface area (TPSA) is 88.2 Å². The van der Waals surface area contributed by atoms with Gasteiger partial charge in [-0.1, -0.05) is 24.3 Å². The maximum absolute atomic E-state index is 13.0. The van der Waals surface area contributed by atoms with E-state index in [1.807, 2.05) is 6.92 Å². The maximum atomic E-state index is 13.0. The quantitative estimate of drug-likeness (QED) is 0.465. The van der Waals surface area contributed by atoms with Crippen LogP contribution in [0.2, 0.25) is 5.28 Å². The number of alkyl halides is 3. The molecule has 0 fully saturated rings. The van der Waals surface area contributed by atoms with Crippen LogP contribution in [0, 0.1) is 5.41 Å². The summed E-state index contributed by atoms with van der Waals surface area (Å²) >= 11 is 5.90. The molecule has 0 radical (unpaired) electrons. The van der Waals surface area contributed by atoms with Crippen molar-refractivity contribution in [2.24, 2.45) is 0 Å². The number of hydrogen-bond donors (Lipinski definition) is 2. The smallest absolute Gasteiger partial charge is 0.331 e. The second-order valence-corrected chi connectivity index (χ2v) is 7.09. The van der Waals surface area contributed by atoms with E-state index in [-0.39, 0.29) is 22.8 Å². The molecule has 0 aliphatic rings. The number of aryl methyl sites for hydroxylation is 1. The number of imidazole rings is 2. The van der Waals surface area contributed by atoms with Crippen LogP contribution in [-0.4, -0.2) is 29.1 Å². The molecule has 3 heterocycles. The van der Waals surface area contributed by atoms with Gasteiger partial charge in [0.1, 0.15) is 11.3 Å². The van der Waals surface area contributed by atoms with Gasteiger partial charge >= 0.3 is 6.18 Å². The van der Waals surface area contributed by atoms with E-state index in [1.165, 1.54) is 10.8 Å². The molecule has 0 aliphatic heterocycles. The van der Waals surface area contributed by atoms with Crippen LogP contribution in [0.4, 0.5) is 13.2 Å². The average Bonchev–Trinajstić information content (AvgIpc) is 3.28. The van der Waals surface area contributed by atoms with Crippen LogP contribution in [0.3, 0.4) is 0 Å². The first-order valence-electron chi connectivity index (χ1n) is 9.11. The molecule has 1 atom stereocenters. The molecule has 0 bridgehead atoms. The van der Waals surface area contributed by atoms with Gasteiger partial charge in [-0.2, -0.15) is 18.2 Å². The predicted octanol–water partition coefficient (Wildman–Crippen LogP) is 4.40. The number of rotatable bonds is 4. The third-order valence-corrected chi connectivity index (χ3v) is 5.09. The molecule has 0 amide bonds. The number of fused-ring (bicyclic) bond motifs is 1. The van der Waals surface area contributed by atoms with E-state index in [9.17, 15) is 13.2 Å². The van der Waals surface area contributed by atoms with E-state index >= 15 is 0 Å². The Bertz CT molecular complexity index is 1270. The van der Waals surface area contributed by atoms with Crippen molar-refractivity contribution in [3.8, 4) is 11.4 Å². The van der Waals surface area contributed by atoms with Gasteiger partial charge in [-0.25, -0.2) is 9.97 Å². The van der Waals surface area contributed by atoms with Crippen LogP contribution in [0.5, 0.6) is 0 Å². The minimum absolute atomic E-state index is 0.0738. The Labute approximate surface area is 173 Å². The lowest BCUT2D eigenvalue weighted by Crippen LogP contribution is -2.21. The molecule has 7 nitrogen and oxygen atoms in total. The van der Waals surface area contributed by atoms with Gasteiger partial charge in [0.25, 0.3) is 0 Å². The van der Waals surface area contributed by atoms with E-state index in [0.717, 1.165) is 11.8 Å². The summed E-state index contributed by atoms with van der Waals surface area (Å²) in [6.45, 7) is 4.02. The molecule has 0 saturated heterocycles. The molecule has 0 spiro atoms. The lowest BCUT2D eigenvalue weighted by molar-refractivity contribution is -0.140. The normalized spacial score (nSPS) is 13.1. The number of halogens is 4. The molecule has 156 valence electrons. The first-order valence-corrected chi connectivity index (χ1v) is 9.49. The summed E-state index contributed by atoms with van der Waals surface area (Å²) in [5.74, 6) is 0.254. The highest BCUT2D eigenvalue weighted by atomic mass is 35.5. The van der Waals surface area contributed by atoms with Crippen molar-refractivity contribution < 1.29 is 13.2 Å². The molecule has 0 unspecified atom stereocenters. The average molecular weight is 436 g/mol. The predicted molar refractivity (Wildman–Crippen MR) is 105 cm³/mol. The van der Waals surface area contributed by atoms with Crippen LogP contribution < -0.4 is 5.62 Å². The molecule has 4 rings (SSSR count). The van der Waals surface area contributed by atoms with E-state index < -0.39 is 11.9 Å². The van der Waals surface area contributed by atoms with Gasteiger partial charge in [0.05, 0.1) is 12.2 Å². The number of aromatic amines is 1. The van der Waals surface area contributed by atoms with Gasteiger partial charge in [-0.3, -0.25) is 9.98 Å². The fourth-order valence-electron chi connectivity index (χ4n) is 3.38. The van der Waals surface area contributed by atoms with Crippen molar-refractivity contribution in [3.05, 3.63) is 58.8 Å². The monoisotopic (exact) mass is 435 g/mol. The standard InChI is InChI=1S/C19H17ClF3N7/c1-3-29-9-14(19(21,22)23)27-15(29)12-6-4-11(5-7-12)10(2)30-16-13(26-18(30)24)8-25-17(20)28-16/h4-10H,3H2,1-2H3,(H2,24,26)/t10-/m1/s1. The summed E-state index contributed by atoms with van der Waals surface area (Å²) in [6.07, 6.45) is -1.97. The van der Waals surface area contributed by atoms with Gasteiger partial charge in [-0.05, 0) is 31.0 Å². The van der Waals surface area contributed by atoms with E-state index in [4.69, 9.17) is 17.0 Å². The van der Waals surface area contributed by atoms with Crippen molar-refractivity contribution >= 4 is 22.8 Å². The molecular weight excluding hydrogens is 419 g/mol. The summed E-state index contributed by atoms with van der Waals surface area (Å²) in [5, 5.41) is 8.29. The summed E-state index contributed by atoms with van der Waals surface area (Å²) in [5.41, 5.74) is 1.71. The second kappa shape index (κ2) is 7.28. The van der Waals surface area contributed by atoms with Crippen LogP contribution in [-0.2, 0) is 12.7 Å². The van der Waals surface area contributed by atoms with E-state index in [2.05, 4.69) is 19.9 Å². The SMILES string of the molecule is CCn1cc(C(F)(F)F)nc1-c1ccc([C@@H](C)n2c(=N)[nH]c3cnc(Cl)nc32)cc1. The van der Waals surface area contributed by atoms with Crippen molar-refractivity contribution in [1.29, 1.82) is 5.41 Å². The maximum Gasteiger partial charge on any atom is 0.434 e. The van der Waals surface area contributed by atoms with Crippen LogP contribution >= 0.6 is 11.6 Å². The van der Waals surface area contributed by atoms with Gasteiger partial charge in [0, 0.05) is 18.3 Å². The molecule has 11 heteroatoms. The minimum Gasteiger partial charge on any atom is -0.331 e. The Morgan fingerprint density at radius 1 is 1.20 bits per heavy atom. The summed E-state index contributed by atoms with van der Waals surface area (Å²) in [4.78, 5) is 14.8. The number of hydrogen-bond acceptors (Lipinski definition) is 4. The fraction of sp³-hybridized carbons (Fsp3) is 0.263. The molecule has 30 heavy (non-hydrogen) atoms. The largest absolute Gasteiger partial charge is 0.434 e. The third kappa shape index (κ3) is 3.47. The Hall–Kier alpha value is -3.14. The van der Waals surface area contributed by atoms with Gasteiger partial charge in [0.15, 0.2) is 11.3 Å². The summed E-state index contributed by atoms with van der Waals surface area (Å²) in [6, 6.07) is 6.78. The molecule has 1 aromatic carbocycles. The number of benzene rings is 1. The number of aromatic nitrogens is 6. The Balaban J connectivity index is 1.72. The van der Waals surface area contributed by atoms with Crippen molar-refractivity contribution in [1.82, 2.24) is 29.1 Å². The highest BCUT2D eigenvalue weighted by Gasteiger charge is 2.34. The Morgan fingerprint density at radius 3 is 2.53 bits per heavy atom. The highest BCUT2D eigenvalue weighted by Crippen LogP contribution is 2.31. The van der Waals surface area contributed by atoms with Gasteiger partial charge in [0.2, 0.25) is 10.9 Å². The van der Waals surface area contributed by atoms with E-state index in [0.29, 0.717) is 23.3 Å². The molecule has 0 aliphatic carbocycles. The number of nitrogens with zero attached hydrogens (tertiary/aromatic N) is 5. The Morgan fingerprint density at radius 2 is 1.90 bits per heavy atom. The molecular formula is C19H17ClF3N7. The first-order chi connectivity index (χ1) is 14.2. The lowest BCUT2D eigenvalue weighted by atomic mass is 10.1. The molecule has 0 saturated carbocycles. The molecule has 4 aromatic rings. The van der Waals surface area contributed by atoms with Crippen molar-refractivity contribution in [2.45, 2.75) is 32.6 Å². The second-order valence-electron chi connectivity index (χ2n) is 6.75. The van der Waals surface area contributed by atoms with Gasteiger partial charge < -0.3 is 9.55 Å². The summed E-state index contributed by atoms with van der Waals surface area (Å²) in [7, 11) is 0. The fourth-order valence-corrected chi connectivity index (χ4v) is 3.51. The van der Waals surface area contributed by atoms with Gasteiger partial charge in [-0.15, -0.1) is 0 Å². The third-order valence-electron chi connectivity index (χ3n) is 4.91. The zero-order valence-corrected chi connectivity index (χ0v) is 16.8. The van der Waals surface area contributed by atoms with Crippen molar-refractivity contribution in [3.63, 3.8) is 0 Å². The van der Waals surface area contributed by atoms with Crippen LogP contribution in [0.15, 0.2) is 36.7 Å². The van der Waals surface area contributed by atoms with Crippen LogP contribution in [0.1, 0.15) is 31.1 Å². The summed E-state index contributed by atoms with van der Waals surface area (Å²) < 4.78 is 42.2. The van der Waals surface area contributed by atoms with Crippen LogP contribution in [0.25, 0.3) is 22.6 Å². The lowest BCUT2D eigenvalue weighted by Gasteiger charge is -2.15. The minimum atomic E-state index is -4.50. The number of H-pyrrole nitrogens is 1. The molecule has 3 aromatic heterocycles. The Kier molecular flexibility index (Phi) is 4.89. The van der Waals surface area contributed by atoms with E-state index in [1.54, 1.807) is 35.8 Å². The number of nitrogens with one attached hydrogen (secondary N) is 2. The highest BCUT2D eigenvalue weighted by molar-refractivity contribution is 6.28. The first kappa shape index (κ1) is 20.1. The van der Waals surface area contributed by atoms with Crippen molar-refractivity contribution in [2.75, 3.05) is 0 Å². The zero-order chi connectivity index (χ0) is 21.6. The zero-order valence-electron chi connectivity index (χ0n) is 16.0. The molecule has 2 N–H and O–H groups in total.